The summed E-state index contributed by atoms with van der Waals surface area (Å²) in [4.78, 5) is 37.8. The summed E-state index contributed by atoms with van der Waals surface area (Å²) < 4.78 is 11.1. The monoisotopic (exact) mass is 346 g/mol. The van der Waals surface area contributed by atoms with Gasteiger partial charge in [-0.3, -0.25) is 19.3 Å². The van der Waals surface area contributed by atoms with E-state index in [0.29, 0.717) is 23.5 Å². The van der Waals surface area contributed by atoms with Crippen LogP contribution in [0.1, 0.15) is 37.0 Å². The minimum atomic E-state index is -0.679. The topological polar surface area (TPSA) is 84.9 Å². The first-order valence-electron chi connectivity index (χ1n) is 8.47. The molecule has 2 aliphatic heterocycles. The maximum Gasteiger partial charge on any atom is 0.268 e. The van der Waals surface area contributed by atoms with Gasteiger partial charge in [-0.05, 0) is 44.9 Å². The van der Waals surface area contributed by atoms with Crippen molar-refractivity contribution in [1.82, 2.24) is 5.32 Å². The fourth-order valence-corrected chi connectivity index (χ4v) is 3.02. The molecule has 1 fully saturated rings. The molecule has 7 heteroatoms. The second kappa shape index (κ2) is 7.23. The van der Waals surface area contributed by atoms with Gasteiger partial charge in [0, 0.05) is 18.7 Å². The molecule has 2 atom stereocenters. The predicted octanol–water partition coefficient (Wildman–Crippen LogP) is 1.30. The van der Waals surface area contributed by atoms with Gasteiger partial charge in [0.1, 0.15) is 12.3 Å². The second-order valence-corrected chi connectivity index (χ2v) is 6.36. The molecule has 0 radical (unpaired) electrons. The normalized spacial score (nSPS) is 22.3. The Morgan fingerprint density at radius 3 is 2.84 bits per heavy atom. The lowest BCUT2D eigenvalue weighted by atomic mass is 10.1. The third kappa shape index (κ3) is 3.82. The fourth-order valence-electron chi connectivity index (χ4n) is 3.02. The minimum absolute atomic E-state index is 0.0415. The zero-order valence-electron chi connectivity index (χ0n) is 14.4. The van der Waals surface area contributed by atoms with Crippen molar-refractivity contribution in [1.29, 1.82) is 0 Å². The molecule has 1 aromatic rings. The fraction of sp³-hybridized carbons (Fsp3) is 0.500. The number of nitrogens with zero attached hydrogens (tertiary/aromatic N) is 1. The van der Waals surface area contributed by atoms with Gasteiger partial charge in [0.2, 0.25) is 5.91 Å². The highest BCUT2D eigenvalue weighted by atomic mass is 16.5. The summed E-state index contributed by atoms with van der Waals surface area (Å²) in [6.45, 7) is 4.14. The van der Waals surface area contributed by atoms with Crippen molar-refractivity contribution >= 4 is 23.3 Å². The number of ether oxygens (including phenoxy) is 2. The molecular formula is C18H22N2O5. The van der Waals surface area contributed by atoms with E-state index >= 15 is 0 Å². The largest absolute Gasteiger partial charge is 0.479 e. The molecule has 2 aliphatic rings. The van der Waals surface area contributed by atoms with Crippen molar-refractivity contribution in [3.05, 3.63) is 23.8 Å². The number of nitrogens with one attached hydrogen (secondary N) is 1. The van der Waals surface area contributed by atoms with E-state index in [1.807, 2.05) is 0 Å². The summed E-state index contributed by atoms with van der Waals surface area (Å²) in [5, 5.41) is 2.81. The Labute approximate surface area is 146 Å². The van der Waals surface area contributed by atoms with Crippen LogP contribution in [0.5, 0.6) is 5.75 Å². The SMILES string of the molecule is CC(=O)c1ccc2c(c1)N(CC(=O)NCC1CCCO1)C(=O)C(C)O2. The average Bonchev–Trinajstić information content (AvgIpc) is 3.10. The molecule has 0 bridgehead atoms. The van der Waals surface area contributed by atoms with Gasteiger partial charge >= 0.3 is 0 Å². The average molecular weight is 346 g/mol. The third-order valence-electron chi connectivity index (χ3n) is 4.43. The summed E-state index contributed by atoms with van der Waals surface area (Å²) in [5.41, 5.74) is 0.914. The highest BCUT2D eigenvalue weighted by Crippen LogP contribution is 2.34. The van der Waals surface area contributed by atoms with Crippen molar-refractivity contribution in [3.63, 3.8) is 0 Å². The molecule has 2 amide bonds. The summed E-state index contributed by atoms with van der Waals surface area (Å²) in [5.74, 6) is -0.196. The van der Waals surface area contributed by atoms with Crippen LogP contribution in [-0.2, 0) is 14.3 Å². The number of hydrogen-bond donors (Lipinski definition) is 1. The first-order chi connectivity index (χ1) is 12.0. The molecule has 0 aliphatic carbocycles. The summed E-state index contributed by atoms with van der Waals surface area (Å²) in [7, 11) is 0. The molecule has 1 aromatic carbocycles. The van der Waals surface area contributed by atoms with Crippen molar-refractivity contribution in [2.24, 2.45) is 0 Å². The van der Waals surface area contributed by atoms with Gasteiger partial charge in [0.05, 0.1) is 11.8 Å². The second-order valence-electron chi connectivity index (χ2n) is 6.36. The molecule has 1 N–H and O–H groups in total. The smallest absolute Gasteiger partial charge is 0.268 e. The van der Waals surface area contributed by atoms with Crippen LogP contribution in [0.15, 0.2) is 18.2 Å². The number of Topliss-reactive ketones (excluding diaryl/α,β-unsaturated/α-hetero) is 1. The highest BCUT2D eigenvalue weighted by molar-refractivity contribution is 6.05. The first kappa shape index (κ1) is 17.4. The van der Waals surface area contributed by atoms with Crippen molar-refractivity contribution in [2.75, 3.05) is 24.6 Å². The summed E-state index contributed by atoms with van der Waals surface area (Å²) >= 11 is 0. The highest BCUT2D eigenvalue weighted by Gasteiger charge is 2.33. The standard InChI is InChI=1S/C18H22N2O5/c1-11(21)13-5-6-16-15(8-13)20(18(23)12(2)25-16)10-17(22)19-9-14-4-3-7-24-14/h5-6,8,12,14H,3-4,7,9-10H2,1-2H3,(H,19,22). The maximum absolute atomic E-state index is 12.5. The van der Waals surface area contributed by atoms with Crippen molar-refractivity contribution in [3.8, 4) is 5.75 Å². The Balaban J connectivity index is 1.74. The van der Waals surface area contributed by atoms with Crippen molar-refractivity contribution < 1.29 is 23.9 Å². The first-order valence-corrected chi connectivity index (χ1v) is 8.47. The number of ketones is 1. The lowest BCUT2D eigenvalue weighted by Gasteiger charge is -2.32. The Hall–Kier alpha value is -2.41. The Morgan fingerprint density at radius 1 is 1.36 bits per heavy atom. The molecule has 7 nitrogen and oxygen atoms in total. The predicted molar refractivity (Wildman–Crippen MR) is 90.9 cm³/mol. The molecule has 0 aromatic heterocycles. The van der Waals surface area contributed by atoms with E-state index in [0.717, 1.165) is 19.4 Å². The number of rotatable bonds is 5. The van der Waals surface area contributed by atoms with E-state index in [4.69, 9.17) is 9.47 Å². The molecular weight excluding hydrogens is 324 g/mol. The van der Waals surface area contributed by atoms with E-state index in [1.165, 1.54) is 11.8 Å². The minimum Gasteiger partial charge on any atom is -0.479 e. The van der Waals surface area contributed by atoms with Gasteiger partial charge < -0.3 is 14.8 Å². The number of amides is 2. The number of carbonyl (C=O) groups is 3. The molecule has 3 rings (SSSR count). The zero-order valence-corrected chi connectivity index (χ0v) is 14.4. The number of benzene rings is 1. The molecule has 0 spiro atoms. The van der Waals surface area contributed by atoms with Gasteiger partial charge in [0.25, 0.3) is 5.91 Å². The van der Waals surface area contributed by atoms with Crippen LogP contribution in [0.4, 0.5) is 5.69 Å². The van der Waals surface area contributed by atoms with Gasteiger partial charge in [-0.2, -0.15) is 0 Å². The van der Waals surface area contributed by atoms with E-state index in [-0.39, 0.29) is 30.2 Å². The Bertz CT molecular complexity index is 697. The molecule has 2 unspecified atom stereocenters. The van der Waals surface area contributed by atoms with E-state index in [9.17, 15) is 14.4 Å². The number of fused-ring (bicyclic) bond motifs is 1. The van der Waals surface area contributed by atoms with Crippen molar-refractivity contribution in [2.45, 2.75) is 38.9 Å². The van der Waals surface area contributed by atoms with E-state index in [2.05, 4.69) is 5.32 Å². The van der Waals surface area contributed by atoms with Crippen LogP contribution < -0.4 is 15.0 Å². The zero-order chi connectivity index (χ0) is 18.0. The molecule has 0 saturated carbocycles. The van der Waals surface area contributed by atoms with Crippen LogP contribution in [0.25, 0.3) is 0 Å². The lowest BCUT2D eigenvalue weighted by Crippen LogP contribution is -2.49. The van der Waals surface area contributed by atoms with Crippen LogP contribution >= 0.6 is 0 Å². The lowest BCUT2D eigenvalue weighted by molar-refractivity contribution is -0.128. The number of hydrogen-bond acceptors (Lipinski definition) is 5. The van der Waals surface area contributed by atoms with Gasteiger partial charge in [-0.25, -0.2) is 0 Å². The van der Waals surface area contributed by atoms with Crippen LogP contribution in [0.2, 0.25) is 0 Å². The van der Waals surface area contributed by atoms with Crippen LogP contribution in [-0.4, -0.2) is 49.5 Å². The van der Waals surface area contributed by atoms with E-state index < -0.39 is 6.10 Å². The van der Waals surface area contributed by atoms with Gasteiger partial charge in [-0.1, -0.05) is 0 Å². The molecule has 1 saturated heterocycles. The van der Waals surface area contributed by atoms with Crippen LogP contribution in [0.3, 0.4) is 0 Å². The molecule has 134 valence electrons. The quantitative estimate of drug-likeness (QED) is 0.812. The molecule has 25 heavy (non-hydrogen) atoms. The number of carbonyl (C=O) groups excluding carboxylic acids is 3. The van der Waals surface area contributed by atoms with E-state index in [1.54, 1.807) is 25.1 Å². The Morgan fingerprint density at radius 2 is 2.16 bits per heavy atom. The summed E-state index contributed by atoms with van der Waals surface area (Å²) in [6, 6.07) is 4.90. The van der Waals surface area contributed by atoms with Gasteiger partial charge in [0.15, 0.2) is 11.9 Å². The number of anilines is 1. The maximum atomic E-state index is 12.5. The third-order valence-corrected chi connectivity index (χ3v) is 4.43. The molecule has 2 heterocycles. The summed E-state index contributed by atoms with van der Waals surface area (Å²) in [6.07, 6.45) is 1.29. The Kier molecular flexibility index (Phi) is 5.03. The van der Waals surface area contributed by atoms with Crippen LogP contribution in [0, 0.1) is 0 Å². The van der Waals surface area contributed by atoms with Gasteiger partial charge in [-0.15, -0.1) is 0 Å².